The predicted octanol–water partition coefficient (Wildman–Crippen LogP) is 6.94. The number of hydrogen-bond donors (Lipinski definition) is 3. The van der Waals surface area contributed by atoms with Crippen molar-refractivity contribution in [2.75, 3.05) is 40.0 Å². The van der Waals surface area contributed by atoms with Crippen molar-refractivity contribution in [1.29, 1.82) is 0 Å². The summed E-state index contributed by atoms with van der Waals surface area (Å²) >= 11 is 12.6. The van der Waals surface area contributed by atoms with Crippen LogP contribution in [0.4, 0.5) is 0 Å². The van der Waals surface area contributed by atoms with Crippen molar-refractivity contribution in [2.24, 2.45) is 5.73 Å². The van der Waals surface area contributed by atoms with E-state index >= 15 is 0 Å². The highest BCUT2D eigenvalue weighted by molar-refractivity contribution is 6.31. The van der Waals surface area contributed by atoms with Gasteiger partial charge in [-0.3, -0.25) is 0 Å². The molecule has 1 heterocycles. The van der Waals surface area contributed by atoms with E-state index < -0.39 is 0 Å². The van der Waals surface area contributed by atoms with Crippen LogP contribution in [0.2, 0.25) is 10.0 Å². The zero-order valence-corrected chi connectivity index (χ0v) is 23.5. The van der Waals surface area contributed by atoms with Crippen molar-refractivity contribution in [3.63, 3.8) is 0 Å². The fourth-order valence-electron chi connectivity index (χ4n) is 4.85. The van der Waals surface area contributed by atoms with Crippen molar-refractivity contribution < 1.29 is 9.47 Å². The summed E-state index contributed by atoms with van der Waals surface area (Å²) in [5.74, 6) is 0.862. The molecule has 3 aromatic carbocycles. The number of nitrogens with two attached hydrogens (primary N) is 1. The van der Waals surface area contributed by atoms with Crippen LogP contribution in [0.25, 0.3) is 10.9 Å². The van der Waals surface area contributed by atoms with Crippen molar-refractivity contribution in [2.45, 2.75) is 31.6 Å². The zero-order valence-electron chi connectivity index (χ0n) is 21.9. The first-order valence-electron chi connectivity index (χ1n) is 13.3. The molecule has 7 heteroatoms. The summed E-state index contributed by atoms with van der Waals surface area (Å²) < 4.78 is 11.1. The fourth-order valence-corrected chi connectivity index (χ4v) is 5.15. The van der Waals surface area contributed by atoms with Crippen molar-refractivity contribution in [3.05, 3.63) is 99.2 Å². The van der Waals surface area contributed by atoms with E-state index in [1.54, 1.807) is 7.11 Å². The smallest absolute Gasteiger partial charge is 0.119 e. The average Bonchev–Trinajstić information content (AvgIpc) is 3.27. The normalized spacial score (nSPS) is 12.2. The second-order valence-electron chi connectivity index (χ2n) is 9.45. The van der Waals surface area contributed by atoms with Gasteiger partial charge >= 0.3 is 0 Å². The summed E-state index contributed by atoms with van der Waals surface area (Å²) in [6.45, 7) is 4.03. The first-order valence-corrected chi connectivity index (χ1v) is 14.0. The Hall–Kier alpha value is -2.54. The summed E-state index contributed by atoms with van der Waals surface area (Å²) in [4.78, 5) is 3.68. The van der Waals surface area contributed by atoms with Gasteiger partial charge in [-0.25, -0.2) is 0 Å². The lowest BCUT2D eigenvalue weighted by Crippen LogP contribution is -2.18. The Balaban J connectivity index is 1.51. The fraction of sp³-hybridized carbons (Fsp3) is 0.355. The molecule has 38 heavy (non-hydrogen) atoms. The number of ether oxygens (including phenoxy) is 2. The highest BCUT2D eigenvalue weighted by atomic mass is 35.5. The van der Waals surface area contributed by atoms with Gasteiger partial charge in [0, 0.05) is 46.3 Å². The van der Waals surface area contributed by atoms with Gasteiger partial charge in [-0.15, -0.1) is 0 Å². The van der Waals surface area contributed by atoms with Gasteiger partial charge in [0.2, 0.25) is 0 Å². The van der Waals surface area contributed by atoms with Gasteiger partial charge in [0.15, 0.2) is 0 Å². The number of rotatable bonds is 15. The summed E-state index contributed by atoms with van der Waals surface area (Å²) in [7, 11) is 1.74. The Morgan fingerprint density at radius 3 is 2.24 bits per heavy atom. The summed E-state index contributed by atoms with van der Waals surface area (Å²) in [6.07, 6.45) is 3.88. The minimum atomic E-state index is -0.0155. The minimum absolute atomic E-state index is 0.0155. The standard InChI is InChI=1S/C31H37Cl2N3O2/c1-37-19-4-18-35-17-2-3-20-38-26-12-7-23(8-13-26)30(22-5-9-24(32)10-6-22)31-27(15-16-34)28-21-25(33)11-14-29(28)36-31/h5-14,21,30,35-36H,2-4,15-20,34H2,1H3. The molecule has 4 rings (SSSR count). The van der Waals surface area contributed by atoms with E-state index in [0.717, 1.165) is 78.9 Å². The van der Waals surface area contributed by atoms with Gasteiger partial charge in [-0.1, -0.05) is 47.5 Å². The Morgan fingerprint density at radius 2 is 1.53 bits per heavy atom. The number of methoxy groups -OCH3 is 1. The van der Waals surface area contributed by atoms with Gasteiger partial charge < -0.3 is 25.5 Å². The third-order valence-corrected chi connectivity index (χ3v) is 7.21. The number of aromatic nitrogens is 1. The van der Waals surface area contributed by atoms with Crippen LogP contribution in [0, 0.1) is 0 Å². The van der Waals surface area contributed by atoms with Gasteiger partial charge in [-0.05, 0) is 104 Å². The van der Waals surface area contributed by atoms with Crippen LogP contribution in [-0.2, 0) is 11.2 Å². The molecule has 0 fully saturated rings. The van der Waals surface area contributed by atoms with Gasteiger partial charge in [-0.2, -0.15) is 0 Å². The van der Waals surface area contributed by atoms with E-state index in [1.165, 1.54) is 5.56 Å². The van der Waals surface area contributed by atoms with Gasteiger partial charge in [0.05, 0.1) is 6.61 Å². The molecular weight excluding hydrogens is 517 g/mol. The average molecular weight is 555 g/mol. The first kappa shape index (κ1) is 28.5. The van der Waals surface area contributed by atoms with Crippen LogP contribution in [-0.4, -0.2) is 44.9 Å². The second-order valence-corrected chi connectivity index (χ2v) is 10.3. The van der Waals surface area contributed by atoms with Crippen molar-refractivity contribution >= 4 is 34.1 Å². The van der Waals surface area contributed by atoms with Crippen LogP contribution in [0.15, 0.2) is 66.7 Å². The van der Waals surface area contributed by atoms with Crippen LogP contribution in [0.1, 0.15) is 47.6 Å². The summed E-state index contributed by atoms with van der Waals surface area (Å²) in [5.41, 5.74) is 11.7. The van der Waals surface area contributed by atoms with E-state index in [9.17, 15) is 0 Å². The molecule has 0 aliphatic carbocycles. The number of H-pyrrole nitrogens is 1. The summed E-state index contributed by atoms with van der Waals surface area (Å²) in [5, 5.41) is 5.98. The van der Waals surface area contributed by atoms with Crippen molar-refractivity contribution in [1.82, 2.24) is 10.3 Å². The molecule has 202 valence electrons. The number of halogens is 2. The lowest BCUT2D eigenvalue weighted by Gasteiger charge is -2.20. The highest BCUT2D eigenvalue weighted by Gasteiger charge is 2.23. The number of unbranched alkanes of at least 4 members (excludes halogenated alkanes) is 1. The van der Waals surface area contributed by atoms with Crippen LogP contribution in [0.5, 0.6) is 5.75 Å². The van der Waals surface area contributed by atoms with E-state index in [4.69, 9.17) is 38.4 Å². The molecule has 0 saturated carbocycles. The molecule has 0 aliphatic rings. The van der Waals surface area contributed by atoms with Crippen molar-refractivity contribution in [3.8, 4) is 5.75 Å². The maximum Gasteiger partial charge on any atom is 0.119 e. The molecule has 1 aromatic heterocycles. The van der Waals surface area contributed by atoms with Gasteiger partial charge in [0.25, 0.3) is 0 Å². The second kappa shape index (κ2) is 14.6. The molecule has 1 atom stereocenters. The topological polar surface area (TPSA) is 72.3 Å². The maximum atomic E-state index is 6.36. The molecule has 0 amide bonds. The first-order chi connectivity index (χ1) is 18.6. The molecule has 4 N–H and O–H groups in total. The quantitative estimate of drug-likeness (QED) is 0.139. The molecule has 0 spiro atoms. The van der Waals surface area contributed by atoms with Crippen LogP contribution >= 0.6 is 23.2 Å². The monoisotopic (exact) mass is 553 g/mol. The van der Waals surface area contributed by atoms with Crippen LogP contribution < -0.4 is 15.8 Å². The van der Waals surface area contributed by atoms with Gasteiger partial charge in [0.1, 0.15) is 5.75 Å². The minimum Gasteiger partial charge on any atom is -0.494 e. The number of fused-ring (bicyclic) bond motifs is 1. The molecule has 0 bridgehead atoms. The lowest BCUT2D eigenvalue weighted by atomic mass is 9.86. The predicted molar refractivity (Wildman–Crippen MR) is 159 cm³/mol. The molecule has 1 unspecified atom stereocenters. The largest absolute Gasteiger partial charge is 0.494 e. The molecule has 0 saturated heterocycles. The maximum absolute atomic E-state index is 6.36. The molecule has 5 nitrogen and oxygen atoms in total. The third kappa shape index (κ3) is 7.52. The number of aromatic amines is 1. The summed E-state index contributed by atoms with van der Waals surface area (Å²) in [6, 6.07) is 22.4. The number of benzene rings is 3. The van der Waals surface area contributed by atoms with Crippen LogP contribution in [0.3, 0.4) is 0 Å². The Kier molecular flexibility index (Phi) is 10.9. The molecule has 0 radical (unpaired) electrons. The lowest BCUT2D eigenvalue weighted by molar-refractivity contribution is 0.194. The van der Waals surface area contributed by atoms with E-state index in [0.29, 0.717) is 23.2 Å². The van der Waals surface area contributed by atoms with E-state index in [1.807, 2.05) is 30.3 Å². The van der Waals surface area contributed by atoms with E-state index in [2.05, 4.69) is 46.7 Å². The SMILES string of the molecule is COCCCNCCCCOc1ccc(C(c2ccc(Cl)cc2)c2[nH]c3ccc(Cl)cc3c2CCN)cc1. The van der Waals surface area contributed by atoms with E-state index in [-0.39, 0.29) is 5.92 Å². The number of hydrogen-bond acceptors (Lipinski definition) is 4. The number of nitrogens with one attached hydrogen (secondary N) is 2. The molecule has 4 aromatic rings. The zero-order chi connectivity index (χ0) is 26.7. The molecule has 0 aliphatic heterocycles. The Labute approximate surface area is 235 Å². The Morgan fingerprint density at radius 1 is 0.842 bits per heavy atom. The molecular formula is C31H37Cl2N3O2. The highest BCUT2D eigenvalue weighted by Crippen LogP contribution is 2.38. The Bertz CT molecular complexity index is 1270. The third-order valence-electron chi connectivity index (χ3n) is 6.72.